The van der Waals surface area contributed by atoms with Crippen LogP contribution in [0.5, 0.6) is 0 Å². The van der Waals surface area contributed by atoms with Gasteiger partial charge in [-0.1, -0.05) is 12.1 Å². The van der Waals surface area contributed by atoms with Crippen LogP contribution in [-0.4, -0.2) is 10.9 Å². The van der Waals surface area contributed by atoms with Gasteiger partial charge in [-0.2, -0.15) is 0 Å². The van der Waals surface area contributed by atoms with Gasteiger partial charge in [-0.05, 0) is 19.1 Å². The first kappa shape index (κ1) is 10.8. The van der Waals surface area contributed by atoms with Crippen molar-refractivity contribution in [1.82, 2.24) is 4.98 Å². The van der Waals surface area contributed by atoms with E-state index in [0.717, 1.165) is 4.88 Å². The molecule has 0 fully saturated rings. The van der Waals surface area contributed by atoms with Crippen molar-refractivity contribution < 1.29 is 9.18 Å². The number of anilines is 1. The van der Waals surface area contributed by atoms with Crippen molar-refractivity contribution >= 4 is 22.9 Å². The number of amides is 1. The van der Waals surface area contributed by atoms with Crippen molar-refractivity contribution in [3.05, 3.63) is 46.2 Å². The Labute approximate surface area is 96.0 Å². The molecule has 16 heavy (non-hydrogen) atoms. The number of thiazole rings is 1. The highest BCUT2D eigenvalue weighted by Crippen LogP contribution is 2.16. The van der Waals surface area contributed by atoms with Crippen molar-refractivity contribution in [3.8, 4) is 0 Å². The van der Waals surface area contributed by atoms with Crippen LogP contribution in [-0.2, 0) is 0 Å². The standard InChI is InChI=1S/C11H9FN2OS/c1-7-10(13-6-16-7)11(15)14-9-5-3-2-4-8(9)12/h2-6H,1H3,(H,14,15). The number of nitrogens with one attached hydrogen (secondary N) is 1. The molecule has 82 valence electrons. The van der Waals surface area contributed by atoms with Gasteiger partial charge in [0.05, 0.1) is 11.2 Å². The normalized spacial score (nSPS) is 10.1. The first-order chi connectivity index (χ1) is 7.68. The summed E-state index contributed by atoms with van der Waals surface area (Å²) in [5, 5.41) is 2.48. The lowest BCUT2D eigenvalue weighted by Gasteiger charge is -2.04. The molecule has 1 amide bonds. The Hall–Kier alpha value is -1.75. The Bertz CT molecular complexity index is 524. The van der Waals surface area contributed by atoms with Gasteiger partial charge in [-0.15, -0.1) is 11.3 Å². The van der Waals surface area contributed by atoms with Crippen LogP contribution >= 0.6 is 11.3 Å². The predicted octanol–water partition coefficient (Wildman–Crippen LogP) is 2.84. The van der Waals surface area contributed by atoms with Crippen molar-refractivity contribution in [2.24, 2.45) is 0 Å². The number of aromatic nitrogens is 1. The van der Waals surface area contributed by atoms with Gasteiger partial charge < -0.3 is 5.32 Å². The molecule has 0 saturated carbocycles. The molecule has 0 bridgehead atoms. The monoisotopic (exact) mass is 236 g/mol. The second-order valence-electron chi connectivity index (χ2n) is 3.19. The van der Waals surface area contributed by atoms with E-state index in [2.05, 4.69) is 10.3 Å². The van der Waals surface area contributed by atoms with Crippen LogP contribution < -0.4 is 5.32 Å². The Balaban J connectivity index is 2.21. The van der Waals surface area contributed by atoms with Crippen molar-refractivity contribution in [2.75, 3.05) is 5.32 Å². The highest BCUT2D eigenvalue weighted by molar-refractivity contribution is 7.09. The molecule has 0 unspecified atom stereocenters. The van der Waals surface area contributed by atoms with E-state index in [4.69, 9.17) is 0 Å². The number of aryl methyl sites for hydroxylation is 1. The molecule has 3 nitrogen and oxygen atoms in total. The van der Waals surface area contributed by atoms with Crippen LogP contribution in [0, 0.1) is 12.7 Å². The third kappa shape index (κ3) is 2.09. The number of benzene rings is 1. The fourth-order valence-corrected chi connectivity index (χ4v) is 1.84. The second-order valence-corrected chi connectivity index (χ2v) is 4.25. The van der Waals surface area contributed by atoms with E-state index in [1.54, 1.807) is 24.6 Å². The van der Waals surface area contributed by atoms with Gasteiger partial charge in [-0.25, -0.2) is 9.37 Å². The minimum absolute atomic E-state index is 0.167. The van der Waals surface area contributed by atoms with Gasteiger partial charge in [0, 0.05) is 4.88 Å². The van der Waals surface area contributed by atoms with Crippen LogP contribution in [0.25, 0.3) is 0 Å². The Morgan fingerprint density at radius 3 is 2.81 bits per heavy atom. The lowest BCUT2D eigenvalue weighted by molar-refractivity contribution is 0.102. The maximum atomic E-state index is 13.3. The minimum atomic E-state index is -0.455. The van der Waals surface area contributed by atoms with Crippen LogP contribution in [0.3, 0.4) is 0 Å². The Morgan fingerprint density at radius 1 is 1.44 bits per heavy atom. The van der Waals surface area contributed by atoms with E-state index < -0.39 is 5.82 Å². The van der Waals surface area contributed by atoms with E-state index in [-0.39, 0.29) is 11.6 Å². The topological polar surface area (TPSA) is 42.0 Å². The summed E-state index contributed by atoms with van der Waals surface area (Å²) in [5.41, 5.74) is 2.10. The number of halogens is 1. The molecule has 5 heteroatoms. The number of para-hydroxylation sites is 1. The summed E-state index contributed by atoms with van der Waals surface area (Å²) >= 11 is 1.38. The van der Waals surface area contributed by atoms with Gasteiger partial charge in [0.2, 0.25) is 0 Å². The average molecular weight is 236 g/mol. The molecule has 0 aliphatic carbocycles. The number of hydrogen-bond donors (Lipinski definition) is 1. The molecule has 0 saturated heterocycles. The largest absolute Gasteiger partial charge is 0.318 e. The van der Waals surface area contributed by atoms with E-state index in [1.807, 2.05) is 0 Å². The van der Waals surface area contributed by atoms with Gasteiger partial charge >= 0.3 is 0 Å². The zero-order valence-corrected chi connectivity index (χ0v) is 9.34. The van der Waals surface area contributed by atoms with Crippen LogP contribution in [0.2, 0.25) is 0 Å². The molecule has 2 aromatic rings. The fourth-order valence-electron chi connectivity index (χ4n) is 1.27. The van der Waals surface area contributed by atoms with Crippen LogP contribution in [0.1, 0.15) is 15.4 Å². The number of carbonyl (C=O) groups excluding carboxylic acids is 1. The third-order valence-corrected chi connectivity index (χ3v) is 2.84. The first-order valence-electron chi connectivity index (χ1n) is 4.64. The fraction of sp³-hybridized carbons (Fsp3) is 0.0909. The van der Waals surface area contributed by atoms with E-state index >= 15 is 0 Å². The maximum absolute atomic E-state index is 13.3. The molecule has 0 radical (unpaired) electrons. The smallest absolute Gasteiger partial charge is 0.275 e. The lowest BCUT2D eigenvalue weighted by Crippen LogP contribution is -2.14. The zero-order valence-electron chi connectivity index (χ0n) is 8.53. The SMILES string of the molecule is Cc1scnc1C(=O)Nc1ccccc1F. The maximum Gasteiger partial charge on any atom is 0.275 e. The predicted molar refractivity (Wildman–Crippen MR) is 61.2 cm³/mol. The minimum Gasteiger partial charge on any atom is -0.318 e. The first-order valence-corrected chi connectivity index (χ1v) is 5.52. The van der Waals surface area contributed by atoms with Gasteiger partial charge in [-0.3, -0.25) is 4.79 Å². The third-order valence-electron chi connectivity index (χ3n) is 2.08. The number of nitrogens with zero attached hydrogens (tertiary/aromatic N) is 1. The summed E-state index contributed by atoms with van der Waals surface area (Å²) in [6, 6.07) is 6.03. The number of carbonyl (C=O) groups is 1. The highest BCUT2D eigenvalue weighted by Gasteiger charge is 2.13. The molecule has 0 spiro atoms. The molecular formula is C11H9FN2OS. The molecule has 0 atom stereocenters. The van der Waals surface area contributed by atoms with Gasteiger partial charge in [0.25, 0.3) is 5.91 Å². The van der Waals surface area contributed by atoms with Crippen molar-refractivity contribution in [2.45, 2.75) is 6.92 Å². The summed E-state index contributed by atoms with van der Waals surface area (Å²) < 4.78 is 13.3. The summed E-state index contributed by atoms with van der Waals surface area (Å²) in [6.45, 7) is 1.80. The molecule has 1 heterocycles. The van der Waals surface area contributed by atoms with E-state index in [0.29, 0.717) is 5.69 Å². The highest BCUT2D eigenvalue weighted by atomic mass is 32.1. The van der Waals surface area contributed by atoms with Crippen molar-refractivity contribution in [1.29, 1.82) is 0 Å². The molecule has 2 rings (SSSR count). The summed E-state index contributed by atoms with van der Waals surface area (Å²) in [4.78, 5) is 16.5. The molecule has 1 aromatic carbocycles. The quantitative estimate of drug-likeness (QED) is 0.871. The molecule has 0 aliphatic heterocycles. The molecular weight excluding hydrogens is 227 g/mol. The zero-order chi connectivity index (χ0) is 11.5. The molecule has 1 N–H and O–H groups in total. The molecule has 0 aliphatic rings. The van der Waals surface area contributed by atoms with Crippen LogP contribution in [0.15, 0.2) is 29.8 Å². The van der Waals surface area contributed by atoms with Crippen LogP contribution in [0.4, 0.5) is 10.1 Å². The lowest BCUT2D eigenvalue weighted by atomic mass is 10.3. The Kier molecular flexibility index (Phi) is 2.96. The Morgan fingerprint density at radius 2 is 2.19 bits per heavy atom. The number of rotatable bonds is 2. The summed E-state index contributed by atoms with van der Waals surface area (Å²) in [6.07, 6.45) is 0. The van der Waals surface area contributed by atoms with Crippen molar-refractivity contribution in [3.63, 3.8) is 0 Å². The molecule has 1 aromatic heterocycles. The van der Waals surface area contributed by atoms with E-state index in [1.165, 1.54) is 23.5 Å². The van der Waals surface area contributed by atoms with Gasteiger partial charge in [0.1, 0.15) is 11.5 Å². The number of hydrogen-bond acceptors (Lipinski definition) is 3. The average Bonchev–Trinajstić information content (AvgIpc) is 2.68. The summed E-state index contributed by atoms with van der Waals surface area (Å²) in [5.74, 6) is -0.840. The van der Waals surface area contributed by atoms with E-state index in [9.17, 15) is 9.18 Å². The van der Waals surface area contributed by atoms with Gasteiger partial charge in [0.15, 0.2) is 0 Å². The summed E-state index contributed by atoms with van der Waals surface area (Å²) in [7, 11) is 0. The second kappa shape index (κ2) is 4.40.